The zero-order valence-electron chi connectivity index (χ0n) is 13.8. The Balaban J connectivity index is 3.65. The topological polar surface area (TPSA) is 17.1 Å². The average molecular weight is 289 g/mol. The van der Waals surface area contributed by atoms with Gasteiger partial charge < -0.3 is 0 Å². The Labute approximate surface area is 125 Å². The van der Waals surface area contributed by atoms with Crippen LogP contribution in [0.1, 0.15) is 39.7 Å². The van der Waals surface area contributed by atoms with E-state index in [0.717, 1.165) is 12.0 Å². The van der Waals surface area contributed by atoms with Crippen LogP contribution in [-0.2, 0) is 9.83 Å². The minimum Gasteiger partial charge on any atom is -0.299 e. The molecule has 1 atom stereocenters. The van der Waals surface area contributed by atoms with E-state index in [0.29, 0.717) is 0 Å². The number of benzene rings is 1. The first-order valence-corrected chi connectivity index (χ1v) is 10.3. The summed E-state index contributed by atoms with van der Waals surface area (Å²) in [7, 11) is -1.93. The van der Waals surface area contributed by atoms with Gasteiger partial charge in [-0.3, -0.25) is 4.79 Å². The molecule has 0 amide bonds. The van der Waals surface area contributed by atoms with E-state index in [9.17, 15) is 4.79 Å². The van der Waals surface area contributed by atoms with E-state index in [1.165, 1.54) is 0 Å². The molecule has 2 heteroatoms. The first kappa shape index (κ1) is 16.9. The normalized spacial score (nSPS) is 15.5. The highest BCUT2D eigenvalue weighted by Gasteiger charge is 2.55. The Morgan fingerprint density at radius 2 is 1.70 bits per heavy atom. The van der Waals surface area contributed by atoms with Crippen molar-refractivity contribution in [1.82, 2.24) is 0 Å². The van der Waals surface area contributed by atoms with Crippen LogP contribution in [0, 0.1) is 0 Å². The number of hydrogen-bond donors (Lipinski definition) is 0. The van der Waals surface area contributed by atoms with E-state index in [-0.39, 0.29) is 10.8 Å². The lowest BCUT2D eigenvalue weighted by Crippen LogP contribution is -2.60. The van der Waals surface area contributed by atoms with Gasteiger partial charge in [-0.15, -0.1) is 6.58 Å². The Bertz CT molecular complexity index is 482. The van der Waals surface area contributed by atoms with E-state index in [1.807, 2.05) is 24.3 Å². The molecule has 110 valence electrons. The van der Waals surface area contributed by atoms with Gasteiger partial charge in [0.25, 0.3) is 0 Å². The smallest absolute Gasteiger partial charge is 0.137 e. The van der Waals surface area contributed by atoms with Gasteiger partial charge in [-0.05, 0) is 23.9 Å². The van der Waals surface area contributed by atoms with Crippen LogP contribution in [0.4, 0.5) is 0 Å². The maximum absolute atomic E-state index is 12.7. The van der Waals surface area contributed by atoms with Gasteiger partial charge in [-0.2, -0.15) is 0 Å². The standard InChI is InChI=1S/C18H28OSi/c1-8-14-18(15(2)19,16-12-10-9-11-13-16)20(6,7)17(3,4)5/h8-13H,1,14H2,2-7H3/t18-/m0/s1. The second kappa shape index (κ2) is 5.69. The van der Waals surface area contributed by atoms with Crippen LogP contribution < -0.4 is 0 Å². The van der Waals surface area contributed by atoms with Crippen molar-refractivity contribution >= 4 is 13.9 Å². The monoisotopic (exact) mass is 288 g/mol. The van der Waals surface area contributed by atoms with E-state index in [1.54, 1.807) is 6.92 Å². The van der Waals surface area contributed by atoms with Crippen LogP contribution in [0.2, 0.25) is 18.1 Å². The molecule has 0 aromatic heterocycles. The summed E-state index contributed by atoms with van der Waals surface area (Å²) in [6.45, 7) is 17.1. The van der Waals surface area contributed by atoms with E-state index in [4.69, 9.17) is 0 Å². The van der Waals surface area contributed by atoms with Crippen molar-refractivity contribution in [1.29, 1.82) is 0 Å². The highest BCUT2D eigenvalue weighted by molar-refractivity contribution is 6.86. The second-order valence-electron chi connectivity index (χ2n) is 7.20. The van der Waals surface area contributed by atoms with Crippen LogP contribution in [0.25, 0.3) is 0 Å². The molecule has 1 aromatic rings. The molecular weight excluding hydrogens is 260 g/mol. The molecule has 0 unspecified atom stereocenters. The van der Waals surface area contributed by atoms with Gasteiger partial charge in [0.05, 0.1) is 13.1 Å². The molecule has 0 aliphatic rings. The SMILES string of the molecule is C=CC[C@](C(C)=O)(c1ccccc1)[Si](C)(C)C(C)(C)C. The molecule has 0 aliphatic carbocycles. The maximum Gasteiger partial charge on any atom is 0.137 e. The zero-order chi connectivity index (χ0) is 15.6. The molecular formula is C18H28OSi. The lowest BCUT2D eigenvalue weighted by atomic mass is 9.90. The van der Waals surface area contributed by atoms with Gasteiger partial charge in [0.2, 0.25) is 0 Å². The molecule has 0 fully saturated rings. The largest absolute Gasteiger partial charge is 0.299 e. The van der Waals surface area contributed by atoms with Crippen molar-refractivity contribution in [2.75, 3.05) is 0 Å². The molecule has 0 heterocycles. The highest BCUT2D eigenvalue weighted by atomic mass is 28.3. The summed E-state index contributed by atoms with van der Waals surface area (Å²) in [5.74, 6) is 0.273. The summed E-state index contributed by atoms with van der Waals surface area (Å²) in [6.07, 6.45) is 2.64. The summed E-state index contributed by atoms with van der Waals surface area (Å²) in [4.78, 5) is 12.7. The first-order valence-electron chi connectivity index (χ1n) is 7.28. The fraction of sp³-hybridized carbons (Fsp3) is 0.500. The van der Waals surface area contributed by atoms with Gasteiger partial charge in [0, 0.05) is 0 Å². The molecule has 0 bridgehead atoms. The van der Waals surface area contributed by atoms with Crippen molar-refractivity contribution in [3.05, 3.63) is 48.6 Å². The highest BCUT2D eigenvalue weighted by Crippen LogP contribution is 2.50. The van der Waals surface area contributed by atoms with Gasteiger partial charge in [0.1, 0.15) is 5.78 Å². The molecule has 1 nitrogen and oxygen atoms in total. The number of rotatable bonds is 5. The predicted molar refractivity (Wildman–Crippen MR) is 90.8 cm³/mol. The summed E-state index contributed by atoms with van der Waals surface area (Å²) in [5, 5.41) is -0.258. The average Bonchev–Trinajstić information content (AvgIpc) is 2.34. The Morgan fingerprint density at radius 1 is 1.20 bits per heavy atom. The van der Waals surface area contributed by atoms with Crippen molar-refractivity contribution in [3.8, 4) is 0 Å². The van der Waals surface area contributed by atoms with Gasteiger partial charge >= 0.3 is 0 Å². The molecule has 0 saturated carbocycles. The molecule has 0 aliphatic heterocycles. The van der Waals surface area contributed by atoms with Crippen LogP contribution >= 0.6 is 0 Å². The Kier molecular flexibility index (Phi) is 4.80. The Morgan fingerprint density at radius 3 is 2.05 bits per heavy atom. The minimum absolute atomic E-state index is 0.136. The quantitative estimate of drug-likeness (QED) is 0.542. The maximum atomic E-state index is 12.7. The fourth-order valence-corrected chi connectivity index (χ4v) is 6.80. The van der Waals surface area contributed by atoms with Crippen LogP contribution in [0.5, 0.6) is 0 Å². The van der Waals surface area contributed by atoms with Gasteiger partial charge in [-0.1, -0.05) is 70.3 Å². The van der Waals surface area contributed by atoms with Crippen LogP contribution in [0.15, 0.2) is 43.0 Å². The minimum atomic E-state index is -1.93. The van der Waals surface area contributed by atoms with E-state index in [2.05, 4.69) is 52.6 Å². The summed E-state index contributed by atoms with van der Waals surface area (Å²) in [5.41, 5.74) is 1.15. The Hall–Kier alpha value is -1.15. The van der Waals surface area contributed by atoms with Crippen molar-refractivity contribution in [2.24, 2.45) is 0 Å². The number of Topliss-reactive ketones (excluding diaryl/α,β-unsaturated/α-hetero) is 1. The third-order valence-corrected chi connectivity index (χ3v) is 12.0. The number of ketones is 1. The van der Waals surface area contributed by atoms with Crippen molar-refractivity contribution in [3.63, 3.8) is 0 Å². The molecule has 0 spiro atoms. The molecule has 0 N–H and O–H groups in total. The van der Waals surface area contributed by atoms with E-state index < -0.39 is 13.1 Å². The van der Waals surface area contributed by atoms with Gasteiger partial charge in [-0.25, -0.2) is 0 Å². The number of hydrogen-bond acceptors (Lipinski definition) is 1. The zero-order valence-corrected chi connectivity index (χ0v) is 14.8. The number of carbonyl (C=O) groups excluding carboxylic acids is 1. The predicted octanol–water partition coefficient (Wildman–Crippen LogP) is 5.14. The lowest BCUT2D eigenvalue weighted by molar-refractivity contribution is -0.120. The summed E-state index contributed by atoms with van der Waals surface area (Å²) >= 11 is 0. The molecule has 1 aromatic carbocycles. The first-order chi connectivity index (χ1) is 9.11. The van der Waals surface area contributed by atoms with E-state index >= 15 is 0 Å². The summed E-state index contributed by atoms with van der Waals surface area (Å²) in [6, 6.07) is 10.3. The summed E-state index contributed by atoms with van der Waals surface area (Å²) < 4.78 is 0. The molecule has 0 radical (unpaired) electrons. The van der Waals surface area contributed by atoms with Gasteiger partial charge in [0.15, 0.2) is 0 Å². The number of allylic oxidation sites excluding steroid dienone is 1. The third kappa shape index (κ3) is 2.54. The molecule has 1 rings (SSSR count). The van der Waals surface area contributed by atoms with Crippen molar-refractivity contribution < 1.29 is 4.79 Å². The fourth-order valence-electron chi connectivity index (χ4n) is 3.10. The second-order valence-corrected chi connectivity index (χ2v) is 12.8. The molecule has 20 heavy (non-hydrogen) atoms. The third-order valence-electron chi connectivity index (χ3n) is 5.26. The molecule has 0 saturated heterocycles. The van der Waals surface area contributed by atoms with Crippen LogP contribution in [0.3, 0.4) is 0 Å². The lowest BCUT2D eigenvalue weighted by Gasteiger charge is -2.51. The number of carbonyl (C=O) groups is 1. The van der Waals surface area contributed by atoms with Crippen LogP contribution in [-0.4, -0.2) is 13.9 Å². The van der Waals surface area contributed by atoms with Crippen molar-refractivity contribution in [2.45, 2.75) is 57.3 Å².